The lowest BCUT2D eigenvalue weighted by Gasteiger charge is -2.29. The van der Waals surface area contributed by atoms with E-state index in [0.29, 0.717) is 5.92 Å². The van der Waals surface area contributed by atoms with Crippen molar-refractivity contribution in [1.29, 1.82) is 0 Å². The number of nitrogens with zero attached hydrogens (tertiary/aromatic N) is 2. The standard InChI is InChI=1S/C18H32N4S/c1-4-19-18(21-14-15(2)17-6-5-13-23-17)20-10-7-16-8-11-22(3)12-9-16/h5-6,13,15-16H,4,7-12,14H2,1-3H3,(H2,19,20,21). The molecule has 1 saturated heterocycles. The van der Waals surface area contributed by atoms with Gasteiger partial charge in [-0.05, 0) is 63.7 Å². The summed E-state index contributed by atoms with van der Waals surface area (Å²) < 4.78 is 0. The first-order valence-electron chi connectivity index (χ1n) is 8.93. The molecule has 5 heteroatoms. The molecule has 0 saturated carbocycles. The van der Waals surface area contributed by atoms with E-state index < -0.39 is 0 Å². The SMILES string of the molecule is CCNC(=NCC(C)c1cccs1)NCCC1CCN(C)CC1. The van der Waals surface area contributed by atoms with Crippen LogP contribution in [0.3, 0.4) is 0 Å². The van der Waals surface area contributed by atoms with E-state index in [0.717, 1.165) is 31.5 Å². The maximum absolute atomic E-state index is 4.76. The van der Waals surface area contributed by atoms with Crippen LogP contribution in [0.25, 0.3) is 0 Å². The van der Waals surface area contributed by atoms with Gasteiger partial charge >= 0.3 is 0 Å². The smallest absolute Gasteiger partial charge is 0.191 e. The number of rotatable bonds is 7. The van der Waals surface area contributed by atoms with Gasteiger partial charge in [0.2, 0.25) is 0 Å². The summed E-state index contributed by atoms with van der Waals surface area (Å²) in [5.41, 5.74) is 0. The van der Waals surface area contributed by atoms with Gasteiger partial charge in [-0.3, -0.25) is 4.99 Å². The fourth-order valence-corrected chi connectivity index (χ4v) is 3.76. The first-order valence-corrected chi connectivity index (χ1v) is 9.81. The summed E-state index contributed by atoms with van der Waals surface area (Å²) in [6.07, 6.45) is 3.92. The van der Waals surface area contributed by atoms with Crippen LogP contribution in [0.2, 0.25) is 0 Å². The topological polar surface area (TPSA) is 39.7 Å². The largest absolute Gasteiger partial charge is 0.357 e. The van der Waals surface area contributed by atoms with Crippen LogP contribution in [0.4, 0.5) is 0 Å². The highest BCUT2D eigenvalue weighted by Crippen LogP contribution is 2.21. The van der Waals surface area contributed by atoms with E-state index in [1.54, 1.807) is 0 Å². The summed E-state index contributed by atoms with van der Waals surface area (Å²) in [5, 5.41) is 9.01. The average molecular weight is 337 g/mol. The molecule has 1 fully saturated rings. The Labute approximate surface area is 145 Å². The highest BCUT2D eigenvalue weighted by Gasteiger charge is 2.16. The molecule has 0 aliphatic carbocycles. The third kappa shape index (κ3) is 6.51. The van der Waals surface area contributed by atoms with E-state index in [-0.39, 0.29) is 0 Å². The first-order chi connectivity index (χ1) is 11.2. The zero-order valence-corrected chi connectivity index (χ0v) is 15.7. The van der Waals surface area contributed by atoms with Gasteiger partial charge in [-0.2, -0.15) is 0 Å². The second-order valence-electron chi connectivity index (χ2n) is 6.60. The van der Waals surface area contributed by atoms with Crippen molar-refractivity contribution >= 4 is 17.3 Å². The van der Waals surface area contributed by atoms with Crippen LogP contribution < -0.4 is 10.6 Å². The van der Waals surface area contributed by atoms with Crippen LogP contribution in [-0.4, -0.2) is 50.6 Å². The van der Waals surface area contributed by atoms with Crippen LogP contribution >= 0.6 is 11.3 Å². The number of hydrogen-bond donors (Lipinski definition) is 2. The highest BCUT2D eigenvalue weighted by atomic mass is 32.1. The first kappa shape index (κ1) is 18.3. The molecule has 4 nitrogen and oxygen atoms in total. The van der Waals surface area contributed by atoms with Crippen molar-refractivity contribution in [2.24, 2.45) is 10.9 Å². The number of hydrogen-bond acceptors (Lipinski definition) is 3. The van der Waals surface area contributed by atoms with Crippen LogP contribution in [-0.2, 0) is 0 Å². The van der Waals surface area contributed by atoms with Gasteiger partial charge in [0, 0.05) is 23.9 Å². The minimum atomic E-state index is 0.485. The summed E-state index contributed by atoms with van der Waals surface area (Å²) in [6, 6.07) is 4.32. The lowest BCUT2D eigenvalue weighted by Crippen LogP contribution is -2.39. The Morgan fingerprint density at radius 3 is 2.83 bits per heavy atom. The average Bonchev–Trinajstić information content (AvgIpc) is 3.08. The number of thiophene rings is 1. The van der Waals surface area contributed by atoms with Gasteiger partial charge in [0.1, 0.15) is 0 Å². The number of nitrogens with one attached hydrogen (secondary N) is 2. The normalized spacial score (nSPS) is 18.8. The van der Waals surface area contributed by atoms with Crippen molar-refractivity contribution in [2.45, 2.75) is 39.0 Å². The zero-order valence-electron chi connectivity index (χ0n) is 14.8. The predicted octanol–water partition coefficient (Wildman–Crippen LogP) is 3.14. The summed E-state index contributed by atoms with van der Waals surface area (Å²) in [5.74, 6) is 2.31. The Morgan fingerprint density at radius 2 is 2.17 bits per heavy atom. The maximum Gasteiger partial charge on any atom is 0.191 e. The van der Waals surface area contributed by atoms with Gasteiger partial charge in [-0.15, -0.1) is 11.3 Å². The second-order valence-corrected chi connectivity index (χ2v) is 7.58. The molecule has 1 unspecified atom stereocenters. The highest BCUT2D eigenvalue weighted by molar-refractivity contribution is 7.10. The van der Waals surface area contributed by atoms with Gasteiger partial charge in [-0.1, -0.05) is 13.0 Å². The van der Waals surface area contributed by atoms with Gasteiger partial charge in [0.05, 0.1) is 6.54 Å². The molecule has 1 aromatic rings. The lowest BCUT2D eigenvalue weighted by molar-refractivity contribution is 0.213. The molecule has 0 amide bonds. The van der Waals surface area contributed by atoms with Crippen molar-refractivity contribution in [2.75, 3.05) is 39.8 Å². The molecule has 2 heterocycles. The lowest BCUT2D eigenvalue weighted by atomic mass is 9.94. The number of guanidine groups is 1. The Hall–Kier alpha value is -1.07. The minimum absolute atomic E-state index is 0.485. The van der Waals surface area contributed by atoms with Crippen LogP contribution in [0.15, 0.2) is 22.5 Å². The summed E-state index contributed by atoms with van der Waals surface area (Å²) in [4.78, 5) is 8.60. The Morgan fingerprint density at radius 1 is 1.39 bits per heavy atom. The summed E-state index contributed by atoms with van der Waals surface area (Å²) >= 11 is 1.82. The van der Waals surface area contributed by atoms with Crippen molar-refractivity contribution in [3.05, 3.63) is 22.4 Å². The Bertz CT molecular complexity index is 450. The zero-order chi connectivity index (χ0) is 16.5. The predicted molar refractivity (Wildman–Crippen MR) is 102 cm³/mol. The number of likely N-dealkylation sites (tertiary alicyclic amines) is 1. The van der Waals surface area contributed by atoms with Crippen molar-refractivity contribution < 1.29 is 0 Å². The van der Waals surface area contributed by atoms with E-state index in [9.17, 15) is 0 Å². The molecule has 1 aliphatic rings. The van der Waals surface area contributed by atoms with Gasteiger partial charge in [-0.25, -0.2) is 0 Å². The minimum Gasteiger partial charge on any atom is -0.357 e. The molecule has 0 bridgehead atoms. The molecule has 23 heavy (non-hydrogen) atoms. The van der Waals surface area contributed by atoms with Crippen LogP contribution in [0, 0.1) is 5.92 Å². The van der Waals surface area contributed by atoms with E-state index >= 15 is 0 Å². The third-order valence-electron chi connectivity index (χ3n) is 4.58. The van der Waals surface area contributed by atoms with Gasteiger partial charge in [0.15, 0.2) is 5.96 Å². The molecule has 1 aromatic heterocycles. The van der Waals surface area contributed by atoms with Crippen LogP contribution in [0.1, 0.15) is 43.9 Å². The molecule has 2 rings (SSSR count). The van der Waals surface area contributed by atoms with E-state index in [2.05, 4.69) is 53.9 Å². The monoisotopic (exact) mass is 336 g/mol. The van der Waals surface area contributed by atoms with Gasteiger partial charge < -0.3 is 15.5 Å². The second kappa shape index (κ2) is 9.93. The molecular weight excluding hydrogens is 304 g/mol. The Kier molecular flexibility index (Phi) is 7.89. The van der Waals surface area contributed by atoms with Crippen molar-refractivity contribution in [3.8, 4) is 0 Å². The van der Waals surface area contributed by atoms with E-state index in [1.807, 2.05) is 11.3 Å². The maximum atomic E-state index is 4.76. The molecule has 130 valence electrons. The fraction of sp³-hybridized carbons (Fsp3) is 0.722. The molecule has 2 N–H and O–H groups in total. The van der Waals surface area contributed by atoms with E-state index in [1.165, 1.54) is 37.2 Å². The third-order valence-corrected chi connectivity index (χ3v) is 5.68. The fourth-order valence-electron chi connectivity index (χ4n) is 2.98. The number of aliphatic imine (C=N–C) groups is 1. The quantitative estimate of drug-likeness (QED) is 0.593. The molecular formula is C18H32N4S. The molecule has 0 radical (unpaired) electrons. The summed E-state index contributed by atoms with van der Waals surface area (Å²) in [6.45, 7) is 9.63. The van der Waals surface area contributed by atoms with Gasteiger partial charge in [0.25, 0.3) is 0 Å². The molecule has 0 aromatic carbocycles. The summed E-state index contributed by atoms with van der Waals surface area (Å²) in [7, 11) is 2.22. The van der Waals surface area contributed by atoms with Crippen molar-refractivity contribution in [3.63, 3.8) is 0 Å². The van der Waals surface area contributed by atoms with Crippen LogP contribution in [0.5, 0.6) is 0 Å². The Balaban J connectivity index is 1.73. The molecule has 0 spiro atoms. The van der Waals surface area contributed by atoms with Crippen molar-refractivity contribution in [1.82, 2.24) is 15.5 Å². The molecule has 1 atom stereocenters. The number of piperidine rings is 1. The van der Waals surface area contributed by atoms with E-state index in [4.69, 9.17) is 4.99 Å². The molecule has 1 aliphatic heterocycles.